The first-order valence-electron chi connectivity index (χ1n) is 15.5. The van der Waals surface area contributed by atoms with Crippen LogP contribution in [0.3, 0.4) is 0 Å². The van der Waals surface area contributed by atoms with Gasteiger partial charge in [0.15, 0.2) is 0 Å². The van der Waals surface area contributed by atoms with Crippen LogP contribution in [0.5, 0.6) is 0 Å². The van der Waals surface area contributed by atoms with Gasteiger partial charge in [-0.2, -0.15) is 11.3 Å². The second-order valence-corrected chi connectivity index (χ2v) is 12.8. The average Bonchev–Trinajstić information content (AvgIpc) is 3.74. The van der Waals surface area contributed by atoms with E-state index in [4.69, 9.17) is 4.42 Å². The summed E-state index contributed by atoms with van der Waals surface area (Å²) in [5.41, 5.74) is 1.05. The lowest BCUT2D eigenvalue weighted by Gasteiger charge is -2.39. The number of carbonyl (C=O) groups is 3. The second kappa shape index (κ2) is 13.8. The molecule has 0 unspecified atom stereocenters. The molecule has 5 rings (SSSR count). The topological polar surface area (TPSA) is 156 Å². The molecule has 0 bridgehead atoms. The molecule has 2 atom stereocenters. The number of hydrogen-bond donors (Lipinski definition) is 3. The van der Waals surface area contributed by atoms with E-state index in [2.05, 4.69) is 20.9 Å². The summed E-state index contributed by atoms with van der Waals surface area (Å²) in [6, 6.07) is 6.10. The van der Waals surface area contributed by atoms with Crippen molar-refractivity contribution in [3.8, 4) is 0 Å². The number of fused-ring (bicyclic) bond motifs is 1. The van der Waals surface area contributed by atoms with Crippen molar-refractivity contribution in [2.45, 2.75) is 90.1 Å². The summed E-state index contributed by atoms with van der Waals surface area (Å²) >= 11 is 1.47. The molecule has 11 nitrogen and oxygen atoms in total. The van der Waals surface area contributed by atoms with E-state index in [1.54, 1.807) is 42.1 Å². The number of carboxylic acids is 1. The lowest BCUT2D eigenvalue weighted by atomic mass is 9.74. The number of nitrogens with zero attached hydrogens (tertiary/aromatic N) is 3. The molecule has 0 saturated heterocycles. The molecule has 3 aromatic heterocycles. The Balaban J connectivity index is 1.42. The Morgan fingerprint density at radius 3 is 2.67 bits per heavy atom. The normalized spacial score (nSPS) is 15.8. The zero-order valence-corrected chi connectivity index (χ0v) is 26.6. The van der Waals surface area contributed by atoms with Gasteiger partial charge in [-0.05, 0) is 68.2 Å². The van der Waals surface area contributed by atoms with Crippen molar-refractivity contribution >= 4 is 45.8 Å². The van der Waals surface area contributed by atoms with Crippen molar-refractivity contribution < 1.29 is 23.9 Å². The summed E-state index contributed by atoms with van der Waals surface area (Å²) in [5, 5.41) is 28.6. The van der Waals surface area contributed by atoms with E-state index < -0.39 is 29.6 Å². The van der Waals surface area contributed by atoms with Crippen LogP contribution in [-0.2, 0) is 21.5 Å². The first-order chi connectivity index (χ1) is 21.6. The van der Waals surface area contributed by atoms with Crippen molar-refractivity contribution in [1.82, 2.24) is 20.3 Å². The maximum atomic E-state index is 13.7. The fourth-order valence-corrected chi connectivity index (χ4v) is 6.89. The van der Waals surface area contributed by atoms with E-state index in [1.165, 1.54) is 11.3 Å². The predicted molar refractivity (Wildman–Crippen MR) is 171 cm³/mol. The van der Waals surface area contributed by atoms with E-state index in [9.17, 15) is 24.3 Å². The van der Waals surface area contributed by atoms with Crippen LogP contribution in [-0.4, -0.2) is 37.9 Å². The molecule has 1 fully saturated rings. The van der Waals surface area contributed by atoms with Gasteiger partial charge < -0.3 is 20.2 Å². The van der Waals surface area contributed by atoms with E-state index >= 15 is 0 Å². The molecule has 0 radical (unpaired) electrons. The van der Waals surface area contributed by atoms with E-state index in [1.807, 2.05) is 24.6 Å². The van der Waals surface area contributed by atoms with Crippen LogP contribution in [0.2, 0.25) is 0 Å². The SMILES string of the molecule is CCCC[C@@H](C(=O)Nc1ccc2c(C)c(CC(=O)O)c(=O)oc2c1)n1cc([C@@](C)(NC(=O)c2ccsc2)C2CCCCC2)nn1. The first-order valence-corrected chi connectivity index (χ1v) is 16.4. The number of aryl methyl sites for hydroxylation is 1. The van der Waals surface area contributed by atoms with Crippen LogP contribution in [0.4, 0.5) is 5.69 Å². The Hall–Kier alpha value is -4.32. The van der Waals surface area contributed by atoms with Gasteiger partial charge >= 0.3 is 11.6 Å². The van der Waals surface area contributed by atoms with Gasteiger partial charge in [0.2, 0.25) is 5.91 Å². The summed E-state index contributed by atoms with van der Waals surface area (Å²) in [6.07, 6.45) is 8.78. The number of aromatic nitrogens is 3. The molecule has 1 saturated carbocycles. The fourth-order valence-electron chi connectivity index (χ4n) is 6.26. The van der Waals surface area contributed by atoms with Crippen molar-refractivity contribution in [1.29, 1.82) is 0 Å². The Labute approximate surface area is 265 Å². The summed E-state index contributed by atoms with van der Waals surface area (Å²) in [6.45, 7) is 5.74. The monoisotopic (exact) mass is 633 g/mol. The minimum Gasteiger partial charge on any atom is -0.481 e. The molecule has 4 aromatic rings. The first kappa shape index (κ1) is 32.1. The number of hydrogen-bond acceptors (Lipinski definition) is 8. The number of benzene rings is 1. The van der Waals surface area contributed by atoms with Crippen LogP contribution in [0.15, 0.2) is 50.4 Å². The summed E-state index contributed by atoms with van der Waals surface area (Å²) in [7, 11) is 0. The fraction of sp³-hybridized carbons (Fsp3) is 0.455. The van der Waals surface area contributed by atoms with E-state index in [0.717, 1.165) is 44.9 Å². The Bertz CT molecular complexity index is 1740. The van der Waals surface area contributed by atoms with Crippen molar-refractivity contribution in [2.24, 2.45) is 5.92 Å². The third kappa shape index (κ3) is 7.00. The highest BCUT2D eigenvalue weighted by Gasteiger charge is 2.41. The van der Waals surface area contributed by atoms with E-state index in [0.29, 0.717) is 34.3 Å². The summed E-state index contributed by atoms with van der Waals surface area (Å²) in [5.74, 6) is -1.41. The molecule has 3 N–H and O–H groups in total. The Kier molecular flexibility index (Phi) is 9.81. The lowest BCUT2D eigenvalue weighted by molar-refractivity contribution is -0.136. The molecule has 0 spiro atoms. The highest BCUT2D eigenvalue weighted by Crippen LogP contribution is 2.39. The maximum absolute atomic E-state index is 13.7. The van der Waals surface area contributed by atoms with Crippen molar-refractivity contribution in [3.63, 3.8) is 0 Å². The van der Waals surface area contributed by atoms with Gasteiger partial charge in [-0.25, -0.2) is 9.48 Å². The average molecular weight is 634 g/mol. The molecule has 45 heavy (non-hydrogen) atoms. The smallest absolute Gasteiger partial charge is 0.340 e. The molecule has 1 aromatic carbocycles. The highest BCUT2D eigenvalue weighted by atomic mass is 32.1. The van der Waals surface area contributed by atoms with Gasteiger partial charge in [-0.3, -0.25) is 14.4 Å². The maximum Gasteiger partial charge on any atom is 0.340 e. The molecule has 0 aliphatic heterocycles. The number of nitrogens with one attached hydrogen (secondary N) is 2. The zero-order chi connectivity index (χ0) is 32.1. The standard InChI is InChI=1S/C33H39N5O6S/c1-4-5-11-26(31(42)34-23-12-13-24-20(2)25(17-29(39)40)32(43)44-27(24)16-23)38-18-28(36-37-38)33(3,22-9-7-6-8-10-22)35-30(41)21-14-15-45-19-21/h12-16,18-19,22,26H,4-11,17H2,1-3H3,(H,34,42)(H,35,41)(H,39,40)/t26-,33-/m0/s1. The molecular weight excluding hydrogens is 594 g/mol. The Morgan fingerprint density at radius 2 is 1.98 bits per heavy atom. The molecule has 3 heterocycles. The largest absolute Gasteiger partial charge is 0.481 e. The van der Waals surface area contributed by atoms with Gasteiger partial charge in [0.1, 0.15) is 17.3 Å². The number of thiophene rings is 1. The number of unbranched alkanes of at least 4 members (excludes halogenated alkanes) is 1. The quantitative estimate of drug-likeness (QED) is 0.161. The second-order valence-electron chi connectivity index (χ2n) is 12.0. The number of carbonyl (C=O) groups excluding carboxylic acids is 2. The van der Waals surface area contributed by atoms with Gasteiger partial charge in [-0.15, -0.1) is 5.10 Å². The number of rotatable bonds is 12. The summed E-state index contributed by atoms with van der Waals surface area (Å²) in [4.78, 5) is 50.7. The van der Waals surface area contributed by atoms with Crippen LogP contribution in [0, 0.1) is 12.8 Å². The van der Waals surface area contributed by atoms with Crippen LogP contribution < -0.4 is 16.3 Å². The third-order valence-electron chi connectivity index (χ3n) is 8.96. The molecule has 2 amide bonds. The lowest BCUT2D eigenvalue weighted by Crippen LogP contribution is -2.49. The number of carboxylic acid groups (broad SMARTS) is 1. The molecule has 1 aliphatic carbocycles. The molecular formula is C33H39N5O6S. The minimum absolute atomic E-state index is 0.0974. The van der Waals surface area contributed by atoms with Gasteiger partial charge in [-0.1, -0.05) is 44.2 Å². The summed E-state index contributed by atoms with van der Waals surface area (Å²) < 4.78 is 7.02. The molecule has 1 aliphatic rings. The van der Waals surface area contributed by atoms with Gasteiger partial charge in [0.25, 0.3) is 5.91 Å². The highest BCUT2D eigenvalue weighted by molar-refractivity contribution is 7.08. The van der Waals surface area contributed by atoms with Gasteiger partial charge in [0, 0.05) is 22.5 Å². The molecule has 238 valence electrons. The minimum atomic E-state index is -1.12. The third-order valence-corrected chi connectivity index (χ3v) is 9.64. The van der Waals surface area contributed by atoms with Crippen molar-refractivity contribution in [2.75, 3.05) is 5.32 Å². The molecule has 12 heteroatoms. The Morgan fingerprint density at radius 1 is 1.20 bits per heavy atom. The van der Waals surface area contributed by atoms with Crippen LogP contribution >= 0.6 is 11.3 Å². The number of amides is 2. The number of aliphatic carboxylic acids is 1. The van der Waals surface area contributed by atoms with Crippen LogP contribution in [0.25, 0.3) is 11.0 Å². The van der Waals surface area contributed by atoms with Crippen LogP contribution in [0.1, 0.15) is 98.4 Å². The van der Waals surface area contributed by atoms with Gasteiger partial charge in [0.05, 0.1) is 29.3 Å². The zero-order valence-electron chi connectivity index (χ0n) is 25.8. The van der Waals surface area contributed by atoms with E-state index in [-0.39, 0.29) is 28.9 Å². The van der Waals surface area contributed by atoms with Crippen molar-refractivity contribution in [3.05, 3.63) is 74.0 Å². The number of anilines is 1. The predicted octanol–water partition coefficient (Wildman–Crippen LogP) is 5.98.